The van der Waals surface area contributed by atoms with Crippen molar-refractivity contribution < 1.29 is 13.2 Å². The quantitative estimate of drug-likeness (QED) is 0.777. The molecule has 7 heteroatoms. The molecule has 0 atom stereocenters. The summed E-state index contributed by atoms with van der Waals surface area (Å²) >= 11 is 5.87. The highest BCUT2D eigenvalue weighted by atomic mass is 35.5. The van der Waals surface area contributed by atoms with Gasteiger partial charge in [0.25, 0.3) is 0 Å². The number of sulfonamides is 1. The lowest BCUT2D eigenvalue weighted by Crippen LogP contribution is -2.29. The Kier molecular flexibility index (Phi) is 5.87. The van der Waals surface area contributed by atoms with Gasteiger partial charge in [-0.25, -0.2) is 13.1 Å². The van der Waals surface area contributed by atoms with E-state index in [-0.39, 0.29) is 4.90 Å². The Hall–Kier alpha value is -0.820. The molecule has 1 aromatic rings. The highest BCUT2D eigenvalue weighted by Gasteiger charge is 2.19. The molecule has 5 nitrogen and oxygen atoms in total. The molecular formula is C14H21ClN2O3S. The Morgan fingerprint density at radius 3 is 2.71 bits per heavy atom. The molecule has 1 N–H and O–H groups in total. The summed E-state index contributed by atoms with van der Waals surface area (Å²) in [6.45, 7) is 3.58. The van der Waals surface area contributed by atoms with Crippen molar-refractivity contribution in [2.45, 2.75) is 24.2 Å². The van der Waals surface area contributed by atoms with E-state index in [1.54, 1.807) is 12.1 Å². The van der Waals surface area contributed by atoms with Crippen molar-refractivity contribution >= 4 is 21.6 Å². The third-order valence-corrected chi connectivity index (χ3v) is 5.27. The molecule has 2 rings (SSSR count). The van der Waals surface area contributed by atoms with Gasteiger partial charge in [-0.3, -0.25) is 0 Å². The summed E-state index contributed by atoms with van der Waals surface area (Å²) in [5.74, 6) is 0.298. The van der Waals surface area contributed by atoms with Crippen LogP contribution < -0.4 is 9.46 Å². The van der Waals surface area contributed by atoms with Crippen molar-refractivity contribution in [3.05, 3.63) is 23.2 Å². The minimum Gasteiger partial charge on any atom is -0.495 e. The number of likely N-dealkylation sites (tertiary alicyclic amines) is 1. The van der Waals surface area contributed by atoms with Crippen LogP contribution in [0.25, 0.3) is 0 Å². The van der Waals surface area contributed by atoms with Gasteiger partial charge in [-0.1, -0.05) is 11.6 Å². The molecule has 0 bridgehead atoms. The first-order valence-corrected chi connectivity index (χ1v) is 8.94. The van der Waals surface area contributed by atoms with E-state index in [1.807, 2.05) is 0 Å². The Morgan fingerprint density at radius 1 is 1.33 bits per heavy atom. The Balaban J connectivity index is 1.93. The van der Waals surface area contributed by atoms with Crippen LogP contribution >= 0.6 is 11.6 Å². The van der Waals surface area contributed by atoms with Crippen molar-refractivity contribution in [2.24, 2.45) is 0 Å². The fourth-order valence-electron chi connectivity index (χ4n) is 2.45. The van der Waals surface area contributed by atoms with E-state index in [2.05, 4.69) is 9.62 Å². The van der Waals surface area contributed by atoms with Crippen LogP contribution in [-0.2, 0) is 10.0 Å². The number of halogens is 1. The summed E-state index contributed by atoms with van der Waals surface area (Å²) < 4.78 is 32.3. The van der Waals surface area contributed by atoms with Gasteiger partial charge in [0.05, 0.1) is 7.11 Å². The SMILES string of the molecule is COc1ccc(Cl)cc1S(=O)(=O)NCCCN1CCCC1. The average molecular weight is 333 g/mol. The van der Waals surface area contributed by atoms with Gasteiger partial charge in [0.1, 0.15) is 10.6 Å². The average Bonchev–Trinajstić information content (AvgIpc) is 2.97. The van der Waals surface area contributed by atoms with Gasteiger partial charge in [-0.15, -0.1) is 0 Å². The second kappa shape index (κ2) is 7.45. The molecule has 1 saturated heterocycles. The standard InChI is InChI=1S/C14H21ClN2O3S/c1-20-13-6-5-12(15)11-14(13)21(18,19)16-7-4-10-17-8-2-3-9-17/h5-6,11,16H,2-4,7-10H2,1H3. The summed E-state index contributed by atoms with van der Waals surface area (Å²) in [6.07, 6.45) is 3.28. The van der Waals surface area contributed by atoms with Gasteiger partial charge in [-0.05, 0) is 57.1 Å². The number of rotatable bonds is 7. The van der Waals surface area contributed by atoms with Crippen LogP contribution in [0.1, 0.15) is 19.3 Å². The van der Waals surface area contributed by atoms with Crippen LogP contribution in [0.3, 0.4) is 0 Å². The Labute approximate surface area is 131 Å². The van der Waals surface area contributed by atoms with E-state index in [9.17, 15) is 8.42 Å². The number of nitrogens with zero attached hydrogens (tertiary/aromatic N) is 1. The molecule has 0 aromatic heterocycles. The lowest BCUT2D eigenvalue weighted by atomic mass is 10.3. The molecular weight excluding hydrogens is 312 g/mol. The summed E-state index contributed by atoms with van der Waals surface area (Å²) in [7, 11) is -2.16. The predicted octanol–water partition coefficient (Wildman–Crippen LogP) is 2.11. The van der Waals surface area contributed by atoms with E-state index in [4.69, 9.17) is 16.3 Å². The largest absolute Gasteiger partial charge is 0.495 e. The van der Waals surface area contributed by atoms with Gasteiger partial charge >= 0.3 is 0 Å². The molecule has 0 spiro atoms. The van der Waals surface area contributed by atoms with Crippen molar-refractivity contribution in [3.8, 4) is 5.75 Å². The van der Waals surface area contributed by atoms with Crippen molar-refractivity contribution in [1.82, 2.24) is 9.62 Å². The number of benzene rings is 1. The third-order valence-electron chi connectivity index (χ3n) is 3.56. The first-order valence-electron chi connectivity index (χ1n) is 7.08. The molecule has 0 aliphatic carbocycles. The van der Waals surface area contributed by atoms with Gasteiger partial charge in [0.15, 0.2) is 0 Å². The van der Waals surface area contributed by atoms with Gasteiger partial charge in [0, 0.05) is 11.6 Å². The number of hydrogen-bond donors (Lipinski definition) is 1. The lowest BCUT2D eigenvalue weighted by Gasteiger charge is -2.15. The Morgan fingerprint density at radius 2 is 2.05 bits per heavy atom. The molecule has 1 aliphatic rings. The fraction of sp³-hybridized carbons (Fsp3) is 0.571. The van der Waals surface area contributed by atoms with Crippen LogP contribution in [-0.4, -0.2) is 46.6 Å². The summed E-state index contributed by atoms with van der Waals surface area (Å²) in [5, 5.41) is 0.369. The molecule has 1 heterocycles. The number of methoxy groups -OCH3 is 1. The monoisotopic (exact) mass is 332 g/mol. The lowest BCUT2D eigenvalue weighted by molar-refractivity contribution is 0.334. The van der Waals surface area contributed by atoms with Crippen LogP contribution in [0.5, 0.6) is 5.75 Å². The van der Waals surface area contributed by atoms with Gasteiger partial charge in [0.2, 0.25) is 10.0 Å². The highest BCUT2D eigenvalue weighted by molar-refractivity contribution is 7.89. The zero-order valence-electron chi connectivity index (χ0n) is 12.1. The second-order valence-corrected chi connectivity index (χ2v) is 7.27. The van der Waals surface area contributed by atoms with Gasteiger partial charge < -0.3 is 9.64 Å². The molecule has 1 aliphatic heterocycles. The van der Waals surface area contributed by atoms with Crippen molar-refractivity contribution in [1.29, 1.82) is 0 Å². The van der Waals surface area contributed by atoms with E-state index in [1.165, 1.54) is 26.0 Å². The molecule has 0 saturated carbocycles. The summed E-state index contributed by atoms with van der Waals surface area (Å²) in [6, 6.07) is 4.57. The molecule has 0 radical (unpaired) electrons. The number of ether oxygens (including phenoxy) is 1. The van der Waals surface area contributed by atoms with E-state index >= 15 is 0 Å². The topological polar surface area (TPSA) is 58.6 Å². The van der Waals surface area contributed by atoms with E-state index < -0.39 is 10.0 Å². The Bertz CT molecular complexity index is 572. The number of hydrogen-bond acceptors (Lipinski definition) is 4. The minimum absolute atomic E-state index is 0.0821. The van der Waals surface area contributed by atoms with E-state index in [0.717, 1.165) is 26.1 Å². The first-order chi connectivity index (χ1) is 10.0. The zero-order valence-corrected chi connectivity index (χ0v) is 13.7. The molecule has 0 unspecified atom stereocenters. The molecule has 118 valence electrons. The number of nitrogens with one attached hydrogen (secondary N) is 1. The van der Waals surface area contributed by atoms with Crippen molar-refractivity contribution in [3.63, 3.8) is 0 Å². The second-order valence-electron chi connectivity index (χ2n) is 5.10. The van der Waals surface area contributed by atoms with Crippen LogP contribution in [0.2, 0.25) is 5.02 Å². The molecule has 0 amide bonds. The maximum Gasteiger partial charge on any atom is 0.244 e. The van der Waals surface area contributed by atoms with Gasteiger partial charge in [-0.2, -0.15) is 0 Å². The first kappa shape index (κ1) is 16.5. The summed E-state index contributed by atoms with van der Waals surface area (Å²) in [5.41, 5.74) is 0. The third kappa shape index (κ3) is 4.57. The highest BCUT2D eigenvalue weighted by Crippen LogP contribution is 2.26. The van der Waals surface area contributed by atoms with Crippen LogP contribution in [0, 0.1) is 0 Å². The summed E-state index contributed by atoms with van der Waals surface area (Å²) in [4.78, 5) is 2.44. The van der Waals surface area contributed by atoms with Crippen LogP contribution in [0.4, 0.5) is 0 Å². The van der Waals surface area contributed by atoms with Crippen molar-refractivity contribution in [2.75, 3.05) is 33.3 Å². The van der Waals surface area contributed by atoms with Crippen LogP contribution in [0.15, 0.2) is 23.1 Å². The fourth-order valence-corrected chi connectivity index (χ4v) is 3.96. The zero-order chi connectivity index (χ0) is 15.3. The molecule has 1 aromatic carbocycles. The van der Waals surface area contributed by atoms with E-state index in [0.29, 0.717) is 17.3 Å². The predicted molar refractivity (Wildman–Crippen MR) is 83.5 cm³/mol. The minimum atomic E-state index is -3.60. The maximum absolute atomic E-state index is 12.3. The maximum atomic E-state index is 12.3. The normalized spacial score (nSPS) is 16.3. The molecule has 21 heavy (non-hydrogen) atoms. The molecule has 1 fully saturated rings. The smallest absolute Gasteiger partial charge is 0.244 e.